The van der Waals surface area contributed by atoms with Gasteiger partial charge in [0.25, 0.3) is 5.91 Å². The van der Waals surface area contributed by atoms with Crippen LogP contribution in [0, 0.1) is 16.7 Å². The number of nitrogens with one attached hydrogen (secondary N) is 1. The first kappa shape index (κ1) is 50.5. The van der Waals surface area contributed by atoms with E-state index in [0.717, 1.165) is 13.8 Å². The van der Waals surface area contributed by atoms with Gasteiger partial charge < -0.3 is 63.6 Å². The zero-order valence-corrected chi connectivity index (χ0v) is 39.3. The van der Waals surface area contributed by atoms with E-state index in [2.05, 4.69) is 5.32 Å². The highest BCUT2D eigenvalue weighted by atomic mass is 16.8. The van der Waals surface area contributed by atoms with Crippen molar-refractivity contribution in [2.75, 3.05) is 13.2 Å². The van der Waals surface area contributed by atoms with Gasteiger partial charge in [-0.05, 0) is 54.8 Å². The number of rotatable bonds is 12. The highest BCUT2D eigenvalue weighted by molar-refractivity contribution is 5.96. The van der Waals surface area contributed by atoms with Crippen LogP contribution in [-0.2, 0) is 57.1 Å². The van der Waals surface area contributed by atoms with Gasteiger partial charge in [-0.3, -0.25) is 19.2 Å². The van der Waals surface area contributed by atoms with Crippen molar-refractivity contribution < 1.29 is 87.1 Å². The third kappa shape index (κ3) is 8.82. The van der Waals surface area contributed by atoms with Gasteiger partial charge in [-0.15, -0.1) is 0 Å². The van der Waals surface area contributed by atoms with Crippen molar-refractivity contribution >= 4 is 35.6 Å². The molecule has 19 heteroatoms. The zero-order chi connectivity index (χ0) is 50.5. The molecule has 0 spiro atoms. The second-order valence-corrected chi connectivity index (χ2v) is 19.1. The molecule has 2 saturated heterocycles. The van der Waals surface area contributed by atoms with Crippen molar-refractivity contribution in [1.82, 2.24) is 5.32 Å². The van der Waals surface area contributed by atoms with Crippen LogP contribution in [0.2, 0.25) is 0 Å². The lowest BCUT2D eigenvalue weighted by Gasteiger charge is -2.68. The van der Waals surface area contributed by atoms with E-state index in [9.17, 15) is 44.4 Å². The molecule has 3 aromatic rings. The molecule has 6 unspecified atom stereocenters. The first-order chi connectivity index (χ1) is 33.1. The van der Waals surface area contributed by atoms with Crippen molar-refractivity contribution in [2.45, 2.75) is 127 Å². The molecule has 2 heterocycles. The highest BCUT2D eigenvalue weighted by Gasteiger charge is 2.79. The molecule has 2 aliphatic heterocycles. The molecule has 3 aliphatic carbocycles. The Labute approximate surface area is 402 Å². The summed E-state index contributed by atoms with van der Waals surface area (Å²) in [6.45, 7) is 7.36. The number of esters is 4. The summed E-state index contributed by atoms with van der Waals surface area (Å²) in [5.41, 5.74) is -7.61. The standard InChI is InChI=1S/C51H57NO18/c1-26-32(66-45(60)38(56)37(29-16-10-7-11-17-29)52-43(58)30-18-12-8-13-19-30)23-51(62)42(69-44(59)31-20-14-9-15-21-31)40-49(6,41(57)39(65-27(2)53)36(26)48(51,4)5)33(67-47-46(61)68-35(55)24-63-47)22-34-50(40,25-64-34)70-28(3)54/h7-21,32-35,37-40,42,46-47,55-56,61-62H,22-25H2,1-6H3,(H,52,58)/t32-,33-,34+,35?,37?,38+,39+,40?,42?,46?,47?,49+,50-,51+/m0/s1. The summed E-state index contributed by atoms with van der Waals surface area (Å²) in [5.74, 6) is -7.20. The van der Waals surface area contributed by atoms with Crippen LogP contribution in [0.15, 0.2) is 102 Å². The van der Waals surface area contributed by atoms with Gasteiger partial charge in [0.2, 0.25) is 12.6 Å². The van der Waals surface area contributed by atoms with Crippen molar-refractivity contribution in [2.24, 2.45) is 16.7 Å². The minimum atomic E-state index is -2.49. The van der Waals surface area contributed by atoms with Crippen molar-refractivity contribution in [3.05, 3.63) is 119 Å². The number of aliphatic hydroxyl groups excluding tert-OH is 3. The first-order valence-corrected chi connectivity index (χ1v) is 22.9. The van der Waals surface area contributed by atoms with E-state index >= 15 is 4.79 Å². The number of carbonyl (C=O) groups excluding carboxylic acids is 6. The van der Waals surface area contributed by atoms with Crippen molar-refractivity contribution in [3.63, 3.8) is 0 Å². The quantitative estimate of drug-likeness (QED) is 0.0992. The van der Waals surface area contributed by atoms with E-state index in [1.54, 1.807) is 78.9 Å². The molecule has 4 fully saturated rings. The topological polar surface area (TPSA) is 269 Å². The second kappa shape index (κ2) is 19.4. The molecule has 5 N–H and O–H groups in total. The van der Waals surface area contributed by atoms with Crippen LogP contribution in [0.1, 0.15) is 86.7 Å². The molecule has 19 nitrogen and oxygen atoms in total. The zero-order valence-electron chi connectivity index (χ0n) is 39.3. The number of aliphatic hydroxyl groups is 4. The average Bonchev–Trinajstić information content (AvgIpc) is 3.32. The lowest BCUT2D eigenvalue weighted by molar-refractivity contribution is -0.394. The maximum absolute atomic E-state index is 16.2. The first-order valence-electron chi connectivity index (χ1n) is 22.9. The number of carbonyl (C=O) groups is 6. The summed E-state index contributed by atoms with van der Waals surface area (Å²) >= 11 is 0. The Hall–Kier alpha value is -5.90. The minimum Gasteiger partial charge on any atom is -0.456 e. The Morgan fingerprint density at radius 1 is 0.814 bits per heavy atom. The lowest BCUT2D eigenvalue weighted by atomic mass is 9.44. The molecular weight excluding hydrogens is 915 g/mol. The predicted molar refractivity (Wildman–Crippen MR) is 239 cm³/mol. The fraction of sp³-hybridized carbons (Fsp3) is 0.490. The number of Topliss-reactive ketones (excluding diaryl/α,β-unsaturated/α-hetero) is 1. The molecular formula is C51H57NO18. The van der Waals surface area contributed by atoms with E-state index in [1.165, 1.54) is 39.8 Å². The number of fused-ring (bicyclic) bond motifs is 5. The van der Waals surface area contributed by atoms with Crippen LogP contribution >= 0.6 is 0 Å². The molecule has 374 valence electrons. The van der Waals surface area contributed by atoms with E-state index in [0.29, 0.717) is 5.56 Å². The highest BCUT2D eigenvalue weighted by Crippen LogP contribution is 2.65. The van der Waals surface area contributed by atoms with Crippen LogP contribution in [0.5, 0.6) is 0 Å². The molecule has 3 aromatic carbocycles. The molecule has 0 radical (unpaired) electrons. The molecule has 1 amide bonds. The number of hydrogen-bond acceptors (Lipinski definition) is 18. The largest absolute Gasteiger partial charge is 0.456 e. The molecule has 5 aliphatic rings. The van der Waals surface area contributed by atoms with E-state index < -0.39 is 138 Å². The number of benzene rings is 3. The van der Waals surface area contributed by atoms with E-state index in [4.69, 9.17) is 37.9 Å². The molecule has 2 bridgehead atoms. The SMILES string of the molecule is CC(=O)O[C@H]1C(=O)[C@@]2(C)C(C(OC(=O)c3ccccc3)[C@]3(O)C[C@H](OC(=O)[C@H](O)C(NC(=O)c4ccccc4)c4ccccc4)C(C)=C1C3(C)C)[C@]1(OC(C)=O)CO[C@@H]1C[C@@H]2OC1OCC(O)OC1O. The third-order valence-electron chi connectivity index (χ3n) is 14.7. The van der Waals surface area contributed by atoms with E-state index in [1.807, 2.05) is 0 Å². The maximum Gasteiger partial charge on any atom is 0.338 e. The van der Waals surface area contributed by atoms with Crippen LogP contribution in [-0.4, -0.2) is 136 Å². The number of ether oxygens (including phenoxy) is 8. The number of ketones is 1. The van der Waals surface area contributed by atoms with Gasteiger partial charge in [0, 0.05) is 37.7 Å². The summed E-state index contributed by atoms with van der Waals surface area (Å²) in [6, 6.07) is 22.7. The Morgan fingerprint density at radius 2 is 1.43 bits per heavy atom. The van der Waals surface area contributed by atoms with Crippen LogP contribution < -0.4 is 5.32 Å². The fourth-order valence-corrected chi connectivity index (χ4v) is 11.2. The van der Waals surface area contributed by atoms with Gasteiger partial charge in [0.1, 0.15) is 30.5 Å². The molecule has 0 aromatic heterocycles. The summed E-state index contributed by atoms with van der Waals surface area (Å²) in [4.78, 5) is 85.4. The second-order valence-electron chi connectivity index (χ2n) is 19.1. The normalized spacial score (nSPS) is 34.1. The molecule has 14 atom stereocenters. The monoisotopic (exact) mass is 971 g/mol. The fourth-order valence-electron chi connectivity index (χ4n) is 11.2. The summed E-state index contributed by atoms with van der Waals surface area (Å²) < 4.78 is 48.2. The van der Waals surface area contributed by atoms with Gasteiger partial charge >= 0.3 is 23.9 Å². The summed E-state index contributed by atoms with van der Waals surface area (Å²) in [7, 11) is 0. The summed E-state index contributed by atoms with van der Waals surface area (Å²) in [5, 5.41) is 49.6. The average molecular weight is 972 g/mol. The van der Waals surface area contributed by atoms with Gasteiger partial charge in [-0.25, -0.2) is 9.59 Å². The molecule has 2 saturated carbocycles. The Kier molecular flexibility index (Phi) is 14.0. The maximum atomic E-state index is 16.2. The van der Waals surface area contributed by atoms with Crippen LogP contribution in [0.25, 0.3) is 0 Å². The minimum absolute atomic E-state index is 0.0242. The van der Waals surface area contributed by atoms with Gasteiger partial charge in [0.15, 0.2) is 29.9 Å². The Morgan fingerprint density at radius 3 is 2.00 bits per heavy atom. The number of hydrogen-bond donors (Lipinski definition) is 5. The summed E-state index contributed by atoms with van der Waals surface area (Å²) in [6.07, 6.45) is -16.0. The van der Waals surface area contributed by atoms with Crippen molar-refractivity contribution in [3.8, 4) is 0 Å². The van der Waals surface area contributed by atoms with Crippen LogP contribution in [0.4, 0.5) is 0 Å². The van der Waals surface area contributed by atoms with Gasteiger partial charge in [0.05, 0.1) is 35.6 Å². The predicted octanol–water partition coefficient (Wildman–Crippen LogP) is 2.77. The molecule has 70 heavy (non-hydrogen) atoms. The van der Waals surface area contributed by atoms with Crippen LogP contribution in [0.3, 0.4) is 0 Å². The van der Waals surface area contributed by atoms with E-state index in [-0.39, 0.29) is 35.3 Å². The van der Waals surface area contributed by atoms with Crippen molar-refractivity contribution in [1.29, 1.82) is 0 Å². The number of amides is 1. The smallest absolute Gasteiger partial charge is 0.338 e. The van der Waals surface area contributed by atoms with Gasteiger partial charge in [-0.2, -0.15) is 0 Å². The van der Waals surface area contributed by atoms with Gasteiger partial charge in [-0.1, -0.05) is 80.6 Å². The third-order valence-corrected chi connectivity index (χ3v) is 14.7. The Bertz CT molecular complexity index is 2520. The Balaban J connectivity index is 1.30. The lowest BCUT2D eigenvalue weighted by Crippen LogP contribution is -2.82. The molecule has 8 rings (SSSR count).